The summed E-state index contributed by atoms with van der Waals surface area (Å²) in [6, 6.07) is 2.43. The minimum absolute atomic E-state index is 0.418. The zero-order chi connectivity index (χ0) is 15.2. The molecule has 0 amide bonds. The number of aromatic nitrogens is 2. The lowest BCUT2D eigenvalue weighted by molar-refractivity contribution is 0.0502. The molecule has 0 spiro atoms. The van der Waals surface area contributed by atoms with Crippen molar-refractivity contribution < 1.29 is 5.11 Å². The van der Waals surface area contributed by atoms with Gasteiger partial charge in [0.2, 0.25) is 0 Å². The predicted molar refractivity (Wildman–Crippen MR) is 83.9 cm³/mol. The van der Waals surface area contributed by atoms with Gasteiger partial charge in [-0.2, -0.15) is 5.10 Å². The molecule has 0 aromatic carbocycles. The van der Waals surface area contributed by atoms with Gasteiger partial charge in [-0.05, 0) is 51.8 Å². The molecular weight excluding hydrogens is 250 g/mol. The summed E-state index contributed by atoms with van der Waals surface area (Å²) in [6.07, 6.45) is 4.43. The topological polar surface area (TPSA) is 50.1 Å². The quantitative estimate of drug-likeness (QED) is 0.684. The van der Waals surface area contributed by atoms with Crippen LogP contribution in [-0.2, 0) is 6.42 Å². The predicted octanol–water partition coefficient (Wildman–Crippen LogP) is 2.78. The van der Waals surface area contributed by atoms with E-state index in [1.807, 2.05) is 23.9 Å². The third-order valence-electron chi connectivity index (χ3n) is 3.66. The molecule has 0 fully saturated rings. The average Bonchev–Trinajstić information content (AvgIpc) is 2.81. The average molecular weight is 281 g/mol. The molecule has 1 aromatic rings. The van der Waals surface area contributed by atoms with Crippen molar-refractivity contribution >= 4 is 0 Å². The van der Waals surface area contributed by atoms with E-state index in [0.29, 0.717) is 18.4 Å². The summed E-state index contributed by atoms with van der Waals surface area (Å²) >= 11 is 0. The van der Waals surface area contributed by atoms with Crippen molar-refractivity contribution in [2.45, 2.75) is 65.5 Å². The normalized spacial score (nSPS) is 16.4. The van der Waals surface area contributed by atoms with Gasteiger partial charge in [0.25, 0.3) is 0 Å². The summed E-state index contributed by atoms with van der Waals surface area (Å²) in [5.41, 5.74) is 0.276. The first-order chi connectivity index (χ1) is 9.34. The van der Waals surface area contributed by atoms with Crippen molar-refractivity contribution in [2.75, 3.05) is 13.1 Å². The van der Waals surface area contributed by atoms with Crippen molar-refractivity contribution in [1.82, 2.24) is 15.1 Å². The molecule has 2 atom stereocenters. The summed E-state index contributed by atoms with van der Waals surface area (Å²) < 4.78 is 1.99. The summed E-state index contributed by atoms with van der Waals surface area (Å²) in [4.78, 5) is 0. The number of hydrogen-bond acceptors (Lipinski definition) is 3. The van der Waals surface area contributed by atoms with Crippen LogP contribution in [0.1, 0.15) is 59.2 Å². The molecule has 4 heteroatoms. The number of hydrogen-bond donors (Lipinski definition) is 2. The molecule has 116 valence electrons. The first kappa shape index (κ1) is 17.2. The molecule has 0 saturated carbocycles. The van der Waals surface area contributed by atoms with Crippen molar-refractivity contribution in [3.8, 4) is 0 Å². The largest absolute Gasteiger partial charge is 0.390 e. The molecule has 0 aliphatic rings. The fraction of sp³-hybridized carbons (Fsp3) is 0.812. The molecule has 1 heterocycles. The van der Waals surface area contributed by atoms with Crippen LogP contribution in [0.25, 0.3) is 0 Å². The molecule has 2 unspecified atom stereocenters. The maximum atomic E-state index is 10.4. The molecule has 0 bridgehead atoms. The highest BCUT2D eigenvalue weighted by Crippen LogP contribution is 2.17. The van der Waals surface area contributed by atoms with Gasteiger partial charge in [0, 0.05) is 18.7 Å². The van der Waals surface area contributed by atoms with E-state index in [2.05, 4.69) is 38.1 Å². The summed E-state index contributed by atoms with van der Waals surface area (Å²) in [6.45, 7) is 12.4. The Kier molecular flexibility index (Phi) is 6.69. The van der Waals surface area contributed by atoms with Crippen molar-refractivity contribution in [2.24, 2.45) is 5.92 Å². The minimum Gasteiger partial charge on any atom is -0.390 e. The van der Waals surface area contributed by atoms with E-state index in [9.17, 15) is 5.11 Å². The molecule has 1 aromatic heterocycles. The van der Waals surface area contributed by atoms with Gasteiger partial charge >= 0.3 is 0 Å². The molecule has 4 nitrogen and oxygen atoms in total. The Morgan fingerprint density at radius 1 is 1.40 bits per heavy atom. The van der Waals surface area contributed by atoms with Crippen LogP contribution in [0, 0.1) is 5.92 Å². The van der Waals surface area contributed by atoms with Crippen molar-refractivity contribution in [3.63, 3.8) is 0 Å². The standard InChI is InChI=1S/C16H31N3O/c1-6-14(4)19-10-7-15(18-19)11-16(5,20)8-9-17-12-13(2)3/h7,10,13-14,17,20H,6,8-9,11-12H2,1-5H3. The van der Waals surface area contributed by atoms with Crippen LogP contribution in [0.2, 0.25) is 0 Å². The first-order valence-electron chi connectivity index (χ1n) is 7.81. The van der Waals surface area contributed by atoms with Crippen LogP contribution in [0.4, 0.5) is 0 Å². The van der Waals surface area contributed by atoms with Gasteiger partial charge in [-0.1, -0.05) is 20.8 Å². The molecule has 2 N–H and O–H groups in total. The van der Waals surface area contributed by atoms with E-state index >= 15 is 0 Å². The van der Waals surface area contributed by atoms with E-state index < -0.39 is 5.60 Å². The minimum atomic E-state index is -0.696. The Hall–Kier alpha value is -0.870. The Labute approximate surface area is 123 Å². The Morgan fingerprint density at radius 3 is 2.70 bits per heavy atom. The van der Waals surface area contributed by atoms with E-state index in [4.69, 9.17) is 0 Å². The van der Waals surface area contributed by atoms with E-state index in [1.54, 1.807) is 0 Å². The Balaban J connectivity index is 2.43. The summed E-state index contributed by atoms with van der Waals surface area (Å²) in [7, 11) is 0. The van der Waals surface area contributed by atoms with Gasteiger partial charge in [0.1, 0.15) is 0 Å². The summed E-state index contributed by atoms with van der Waals surface area (Å²) in [5, 5.41) is 18.4. The second-order valence-electron chi connectivity index (χ2n) is 6.57. The van der Waals surface area contributed by atoms with E-state index in [0.717, 1.165) is 31.6 Å². The maximum Gasteiger partial charge on any atom is 0.0687 e. The Bertz CT molecular complexity index is 385. The molecule has 0 saturated heterocycles. The van der Waals surface area contributed by atoms with Gasteiger partial charge in [-0.3, -0.25) is 4.68 Å². The van der Waals surface area contributed by atoms with Gasteiger partial charge in [-0.25, -0.2) is 0 Å². The lowest BCUT2D eigenvalue weighted by Gasteiger charge is -2.22. The van der Waals surface area contributed by atoms with Crippen LogP contribution >= 0.6 is 0 Å². The zero-order valence-corrected chi connectivity index (χ0v) is 13.7. The third kappa shape index (κ3) is 6.06. The number of nitrogens with zero attached hydrogens (tertiary/aromatic N) is 2. The molecule has 0 aliphatic heterocycles. The van der Waals surface area contributed by atoms with Crippen LogP contribution in [0.3, 0.4) is 0 Å². The van der Waals surface area contributed by atoms with Crippen LogP contribution < -0.4 is 5.32 Å². The fourth-order valence-electron chi connectivity index (χ4n) is 2.13. The first-order valence-corrected chi connectivity index (χ1v) is 7.81. The molecule has 20 heavy (non-hydrogen) atoms. The molecular formula is C16H31N3O. The Morgan fingerprint density at radius 2 is 2.10 bits per heavy atom. The number of nitrogens with one attached hydrogen (secondary N) is 1. The second-order valence-corrected chi connectivity index (χ2v) is 6.57. The van der Waals surface area contributed by atoms with Crippen molar-refractivity contribution in [1.29, 1.82) is 0 Å². The highest BCUT2D eigenvalue weighted by atomic mass is 16.3. The van der Waals surface area contributed by atoms with Crippen LogP contribution in [-0.4, -0.2) is 33.6 Å². The monoisotopic (exact) mass is 281 g/mol. The third-order valence-corrected chi connectivity index (χ3v) is 3.66. The van der Waals surface area contributed by atoms with Crippen LogP contribution in [0.5, 0.6) is 0 Å². The van der Waals surface area contributed by atoms with Gasteiger partial charge < -0.3 is 10.4 Å². The molecule has 0 aliphatic carbocycles. The highest BCUT2D eigenvalue weighted by molar-refractivity contribution is 5.04. The van der Waals surface area contributed by atoms with Crippen LogP contribution in [0.15, 0.2) is 12.3 Å². The number of rotatable bonds is 9. The van der Waals surface area contributed by atoms with E-state index in [-0.39, 0.29) is 0 Å². The zero-order valence-electron chi connectivity index (χ0n) is 13.7. The lowest BCUT2D eigenvalue weighted by Crippen LogP contribution is -2.33. The molecule has 0 radical (unpaired) electrons. The SMILES string of the molecule is CCC(C)n1ccc(CC(C)(O)CCNCC(C)C)n1. The van der Waals surface area contributed by atoms with Gasteiger partial charge in [-0.15, -0.1) is 0 Å². The second kappa shape index (κ2) is 7.79. The smallest absolute Gasteiger partial charge is 0.0687 e. The number of aliphatic hydroxyl groups is 1. The maximum absolute atomic E-state index is 10.4. The van der Waals surface area contributed by atoms with Crippen molar-refractivity contribution in [3.05, 3.63) is 18.0 Å². The van der Waals surface area contributed by atoms with Gasteiger partial charge in [0.05, 0.1) is 11.3 Å². The van der Waals surface area contributed by atoms with Gasteiger partial charge in [0.15, 0.2) is 0 Å². The fourth-order valence-corrected chi connectivity index (χ4v) is 2.13. The van der Waals surface area contributed by atoms with E-state index in [1.165, 1.54) is 0 Å². The summed E-state index contributed by atoms with van der Waals surface area (Å²) in [5.74, 6) is 0.645. The lowest BCUT2D eigenvalue weighted by atomic mass is 9.96. The highest BCUT2D eigenvalue weighted by Gasteiger charge is 2.22. The molecule has 1 rings (SSSR count).